The molecule has 92 heavy (non-hydrogen) atoms. The molecule has 0 saturated carbocycles. The van der Waals surface area contributed by atoms with Gasteiger partial charge < -0.3 is 39.4 Å². The Morgan fingerprint density at radius 1 is 0.304 bits per heavy atom. The molecule has 0 amide bonds. The van der Waals surface area contributed by atoms with Crippen LogP contribution in [0.4, 0.5) is 0 Å². The lowest BCUT2D eigenvalue weighted by Gasteiger charge is -2.42. The maximum atomic E-state index is 13.7. The van der Waals surface area contributed by atoms with Crippen molar-refractivity contribution in [3.63, 3.8) is 0 Å². The highest BCUT2D eigenvalue weighted by atomic mass is 16.5. The van der Waals surface area contributed by atoms with E-state index in [1.165, 1.54) is 0 Å². The maximum absolute atomic E-state index is 13.7. The van der Waals surface area contributed by atoms with Crippen molar-refractivity contribution in [2.75, 3.05) is 0 Å². The molecule has 480 valence electrons. The lowest BCUT2D eigenvalue weighted by Crippen LogP contribution is -2.35. The predicted molar refractivity (Wildman–Crippen MR) is 369 cm³/mol. The van der Waals surface area contributed by atoms with Crippen LogP contribution in [0, 0.1) is 23.7 Å². The number of benzene rings is 8. The lowest BCUT2D eigenvalue weighted by atomic mass is 9.71. The number of fused-ring (bicyclic) bond motifs is 16. The molecule has 4 N–H and O–H groups in total. The summed E-state index contributed by atoms with van der Waals surface area (Å²) in [6.07, 6.45) is 7.21. The van der Waals surface area contributed by atoms with Gasteiger partial charge in [-0.15, -0.1) is 0 Å². The normalized spacial score (nSPS) is 24.8. The fourth-order valence-corrected chi connectivity index (χ4v) is 16.6. The summed E-state index contributed by atoms with van der Waals surface area (Å²) in [6.45, 7) is 26.8. The molecule has 0 unspecified atom stereocenters. The monoisotopic (exact) mass is 1230 g/mol. The minimum Gasteiger partial charge on any atom is -0.507 e. The first-order valence-electron chi connectivity index (χ1n) is 34.5. The van der Waals surface area contributed by atoms with Crippen LogP contribution in [0.5, 0.6) is 46.0 Å². The molecular formula is C84H96O8. The van der Waals surface area contributed by atoms with Gasteiger partial charge in [0.05, 0.1) is 0 Å². The third-order valence-corrected chi connectivity index (χ3v) is 21.7. The molecule has 0 aromatic heterocycles. The Kier molecular flexibility index (Phi) is 16.6. The maximum Gasteiger partial charge on any atom is 0.132 e. The highest BCUT2D eigenvalue weighted by molar-refractivity contribution is 5.70. The van der Waals surface area contributed by atoms with Crippen molar-refractivity contribution in [1.82, 2.24) is 0 Å². The van der Waals surface area contributed by atoms with Crippen LogP contribution >= 0.6 is 0 Å². The summed E-state index contributed by atoms with van der Waals surface area (Å²) >= 11 is 0. The van der Waals surface area contributed by atoms with Gasteiger partial charge in [0.1, 0.15) is 68.4 Å². The third-order valence-electron chi connectivity index (χ3n) is 21.7. The topological polar surface area (TPSA) is 118 Å². The van der Waals surface area contributed by atoms with Crippen LogP contribution in [-0.2, 0) is 48.1 Å². The van der Waals surface area contributed by atoms with E-state index in [0.717, 1.165) is 89.0 Å². The molecule has 0 radical (unpaired) electrons. The van der Waals surface area contributed by atoms with Crippen molar-refractivity contribution < 1.29 is 39.4 Å². The summed E-state index contributed by atoms with van der Waals surface area (Å²) in [5, 5.41) is 55.0. The molecule has 4 heterocycles. The highest BCUT2D eigenvalue weighted by Crippen LogP contribution is 2.61. The van der Waals surface area contributed by atoms with Gasteiger partial charge in [0.15, 0.2) is 0 Å². The van der Waals surface area contributed by atoms with E-state index in [4.69, 9.17) is 18.9 Å². The minimum absolute atomic E-state index is 0.138. The van der Waals surface area contributed by atoms with E-state index in [1.54, 1.807) is 0 Å². The molecule has 5 aliphatic rings. The Morgan fingerprint density at radius 2 is 0.489 bits per heavy atom. The fraction of sp³-hybridized carbons (Fsp3) is 0.429. The number of hydrogen-bond donors (Lipinski definition) is 4. The summed E-state index contributed by atoms with van der Waals surface area (Å²) in [5.41, 5.74) is 11.0. The quantitative estimate of drug-likeness (QED) is 0.0956. The van der Waals surface area contributed by atoms with Crippen molar-refractivity contribution in [3.8, 4) is 46.0 Å². The van der Waals surface area contributed by atoms with E-state index < -0.39 is 46.1 Å². The zero-order chi connectivity index (χ0) is 64.8. The van der Waals surface area contributed by atoms with E-state index in [-0.39, 0.29) is 46.7 Å². The smallest absolute Gasteiger partial charge is 0.132 e. The van der Waals surface area contributed by atoms with Crippen molar-refractivity contribution in [2.24, 2.45) is 23.7 Å². The molecule has 8 aromatic carbocycles. The number of hydrogen-bond acceptors (Lipinski definition) is 8. The number of phenolic OH excluding ortho intramolecular Hbond substituents is 4. The third kappa shape index (κ3) is 11.2. The van der Waals surface area contributed by atoms with Crippen molar-refractivity contribution in [3.05, 3.63) is 235 Å². The van der Waals surface area contributed by atoms with Gasteiger partial charge in [0.2, 0.25) is 0 Å². The fourth-order valence-electron chi connectivity index (χ4n) is 16.6. The number of ether oxygens (including phenoxy) is 4. The van der Waals surface area contributed by atoms with E-state index in [1.807, 2.05) is 24.3 Å². The van der Waals surface area contributed by atoms with Gasteiger partial charge in [-0.1, -0.05) is 177 Å². The van der Waals surface area contributed by atoms with E-state index >= 15 is 0 Å². The Bertz CT molecular complexity index is 3520. The van der Waals surface area contributed by atoms with Crippen LogP contribution in [0.1, 0.15) is 247 Å². The van der Waals surface area contributed by atoms with Gasteiger partial charge in [-0.2, -0.15) is 0 Å². The molecule has 8 nitrogen and oxygen atoms in total. The first-order chi connectivity index (χ1) is 44.0. The van der Waals surface area contributed by atoms with Crippen LogP contribution in [-0.4, -0.2) is 20.4 Å². The Labute approximate surface area is 547 Å². The minimum atomic E-state index is -0.745. The second-order valence-corrected chi connectivity index (χ2v) is 30.4. The Hall–Kier alpha value is -7.84. The van der Waals surface area contributed by atoms with E-state index in [9.17, 15) is 20.4 Å². The number of phenols is 4. The highest BCUT2D eigenvalue weighted by Gasteiger charge is 2.47. The molecule has 8 heteroatoms. The first-order valence-corrected chi connectivity index (χ1v) is 34.5. The summed E-state index contributed by atoms with van der Waals surface area (Å²) in [6, 6.07) is 50.8. The molecular weight excluding hydrogens is 1140 g/mol. The van der Waals surface area contributed by atoms with Crippen molar-refractivity contribution in [1.29, 1.82) is 0 Å². The SMILES string of the molecule is CC(C)C[C@@H]1c2cc(c3c(c2O)CC[C@@](C)(c2ccccc2)O3)[C@H](CC(C)C)c2cc(c3c(c2O)CC[C@@](C)(c2ccccc2)O3)[C@H](CC(C)C)c2cc(c3c(c2O)CC[C@@](C)(c2ccccc2)O3)[C@H](CC(C)C)c2cc1c1c(c2O)CC[C@@](C)(c2ccccc2)O1. The summed E-state index contributed by atoms with van der Waals surface area (Å²) < 4.78 is 30.6. The zero-order valence-corrected chi connectivity index (χ0v) is 56.4. The average Bonchev–Trinajstić information content (AvgIpc) is 0.724. The van der Waals surface area contributed by atoms with Gasteiger partial charge in [-0.3, -0.25) is 0 Å². The molecule has 4 aliphatic heterocycles. The van der Waals surface area contributed by atoms with Crippen LogP contribution in [0.15, 0.2) is 146 Å². The number of aromatic hydroxyl groups is 4. The predicted octanol–water partition coefficient (Wildman–Crippen LogP) is 20.5. The van der Waals surface area contributed by atoms with Gasteiger partial charge in [-0.05, 0) is 175 Å². The van der Waals surface area contributed by atoms with Gasteiger partial charge >= 0.3 is 0 Å². The summed E-state index contributed by atoms with van der Waals surface area (Å²) in [4.78, 5) is 0. The molecule has 8 aromatic rings. The van der Waals surface area contributed by atoms with E-state index in [0.29, 0.717) is 100 Å². The average molecular weight is 1230 g/mol. The van der Waals surface area contributed by atoms with Crippen LogP contribution < -0.4 is 18.9 Å². The second-order valence-electron chi connectivity index (χ2n) is 30.4. The summed E-state index contributed by atoms with van der Waals surface area (Å²) in [5.74, 6) is 2.22. The summed E-state index contributed by atoms with van der Waals surface area (Å²) in [7, 11) is 0. The molecule has 0 fully saturated rings. The molecule has 1 aliphatic carbocycles. The van der Waals surface area contributed by atoms with Gasteiger partial charge in [0, 0.05) is 90.4 Å². The van der Waals surface area contributed by atoms with Gasteiger partial charge in [0.25, 0.3) is 0 Å². The van der Waals surface area contributed by atoms with Crippen LogP contribution in [0.3, 0.4) is 0 Å². The molecule has 0 saturated heterocycles. The van der Waals surface area contributed by atoms with Crippen molar-refractivity contribution >= 4 is 0 Å². The Balaban J connectivity index is 1.19. The largest absolute Gasteiger partial charge is 0.507 e. The molecule has 8 bridgehead atoms. The molecule has 13 rings (SSSR count). The standard InChI is InChI=1S/C84H96O8/c1-49(2)41-61-65-45-70(78-57(73(65)85)33-37-82(10,90-78)54-27-19-14-20-28-54)63(43-51(5)6)67-47-72(80-59(75(67)87)35-39-84(12,92-80)56-31-23-16-24-32-56)64(44-52(7)8)68-48-71(79-60(76(68)88)36-40-83(11,91-79)55-29-21-15-22-30-55)62(42-50(3)4)66-46-69(61)77-58(74(66)86)34-38-81(9,89-77)53-25-17-13-18-26-53/h13-32,45-52,61-64,85-88H,33-44H2,1-12H3/t61-,62-,63-,64-,81+,82+,83+,84+/m1/s1. The van der Waals surface area contributed by atoms with Crippen LogP contribution in [0.25, 0.3) is 0 Å². The number of rotatable bonds is 12. The Morgan fingerprint density at radius 3 is 0.663 bits per heavy atom. The zero-order valence-electron chi connectivity index (χ0n) is 56.4. The van der Waals surface area contributed by atoms with Crippen molar-refractivity contribution in [2.45, 2.75) is 206 Å². The molecule has 0 spiro atoms. The van der Waals surface area contributed by atoms with E-state index in [2.05, 4.69) is 204 Å². The molecule has 8 atom stereocenters. The van der Waals surface area contributed by atoms with Crippen LogP contribution in [0.2, 0.25) is 0 Å². The lowest BCUT2D eigenvalue weighted by molar-refractivity contribution is 0.0595. The second kappa shape index (κ2) is 24.2. The van der Waals surface area contributed by atoms with Gasteiger partial charge in [-0.25, -0.2) is 0 Å². The first kappa shape index (κ1) is 62.9.